The van der Waals surface area contributed by atoms with Crippen LogP contribution in [0.15, 0.2) is 0 Å². The molecular weight excluding hydrogens is 252 g/mol. The Labute approximate surface area is 112 Å². The van der Waals surface area contributed by atoms with Gasteiger partial charge in [-0.05, 0) is 38.0 Å². The minimum Gasteiger partial charge on any atom is -0.393 e. The number of aliphatic hydroxyl groups is 6. The fourth-order valence-corrected chi connectivity index (χ4v) is 3.41. The van der Waals surface area contributed by atoms with E-state index in [1.807, 2.05) is 0 Å². The highest BCUT2D eigenvalue weighted by Gasteiger charge is 2.42. The maximum atomic E-state index is 9.94. The summed E-state index contributed by atoms with van der Waals surface area (Å²) in [4.78, 5) is 0. The molecule has 0 aromatic rings. The second-order valence-corrected chi connectivity index (χ2v) is 6.05. The number of hydrogen-bond acceptors (Lipinski definition) is 6. The van der Waals surface area contributed by atoms with Gasteiger partial charge in [-0.1, -0.05) is 0 Å². The van der Waals surface area contributed by atoms with Crippen LogP contribution in [-0.2, 0) is 0 Å². The number of rotatable bonds is 2. The first-order valence-electron chi connectivity index (χ1n) is 6.98. The monoisotopic (exact) mass is 276 g/mol. The van der Waals surface area contributed by atoms with Gasteiger partial charge < -0.3 is 30.6 Å². The molecule has 112 valence electrons. The van der Waals surface area contributed by atoms with E-state index in [0.717, 1.165) is 0 Å². The Morgan fingerprint density at radius 3 is 1.84 bits per heavy atom. The Morgan fingerprint density at radius 2 is 1.26 bits per heavy atom. The molecule has 2 saturated carbocycles. The van der Waals surface area contributed by atoms with Crippen LogP contribution in [0.25, 0.3) is 0 Å². The van der Waals surface area contributed by atoms with Gasteiger partial charge in [0.15, 0.2) is 0 Å². The van der Waals surface area contributed by atoms with Gasteiger partial charge in [-0.25, -0.2) is 0 Å². The standard InChI is InChI=1S/C13H24O6/c14-7-4-10(16)8(11(17)5-7)3-6-1-2-9(15)13(19)12(6)18/h6-19H,1-5H2. The van der Waals surface area contributed by atoms with Crippen molar-refractivity contribution in [3.05, 3.63) is 0 Å². The van der Waals surface area contributed by atoms with Crippen LogP contribution in [0.3, 0.4) is 0 Å². The van der Waals surface area contributed by atoms with Crippen LogP contribution in [0, 0.1) is 11.8 Å². The summed E-state index contributed by atoms with van der Waals surface area (Å²) in [5.41, 5.74) is 0. The Kier molecular flexibility index (Phi) is 4.81. The van der Waals surface area contributed by atoms with Crippen molar-refractivity contribution in [3.8, 4) is 0 Å². The van der Waals surface area contributed by atoms with Gasteiger partial charge in [0, 0.05) is 5.92 Å². The van der Waals surface area contributed by atoms with Gasteiger partial charge in [-0.15, -0.1) is 0 Å². The van der Waals surface area contributed by atoms with E-state index in [4.69, 9.17) is 0 Å². The highest BCUT2D eigenvalue weighted by molar-refractivity contribution is 4.92. The van der Waals surface area contributed by atoms with Gasteiger partial charge >= 0.3 is 0 Å². The van der Waals surface area contributed by atoms with Crippen LogP contribution < -0.4 is 0 Å². The van der Waals surface area contributed by atoms with Crippen molar-refractivity contribution in [2.75, 3.05) is 0 Å². The van der Waals surface area contributed by atoms with Crippen molar-refractivity contribution in [1.29, 1.82) is 0 Å². The maximum Gasteiger partial charge on any atom is 0.106 e. The maximum absolute atomic E-state index is 9.94. The Morgan fingerprint density at radius 1 is 0.684 bits per heavy atom. The molecule has 19 heavy (non-hydrogen) atoms. The summed E-state index contributed by atoms with van der Waals surface area (Å²) in [5, 5.41) is 58.4. The van der Waals surface area contributed by atoms with Gasteiger partial charge in [0.25, 0.3) is 0 Å². The highest BCUT2D eigenvalue weighted by atomic mass is 16.4. The van der Waals surface area contributed by atoms with E-state index in [1.54, 1.807) is 0 Å². The van der Waals surface area contributed by atoms with Gasteiger partial charge in [0.05, 0.1) is 30.5 Å². The largest absolute Gasteiger partial charge is 0.393 e. The molecule has 0 aromatic carbocycles. The van der Waals surface area contributed by atoms with Crippen LogP contribution in [0.1, 0.15) is 32.1 Å². The third-order valence-corrected chi connectivity index (χ3v) is 4.65. The molecule has 0 aliphatic heterocycles. The van der Waals surface area contributed by atoms with Gasteiger partial charge in [0.1, 0.15) is 6.10 Å². The Bertz CT molecular complexity index is 287. The molecule has 6 atom stereocenters. The van der Waals surface area contributed by atoms with Gasteiger partial charge in [-0.3, -0.25) is 0 Å². The number of hydrogen-bond donors (Lipinski definition) is 6. The molecule has 6 N–H and O–H groups in total. The highest BCUT2D eigenvalue weighted by Crippen LogP contribution is 2.36. The normalized spacial score (nSPS) is 52.1. The molecule has 0 amide bonds. The van der Waals surface area contributed by atoms with Crippen molar-refractivity contribution in [1.82, 2.24) is 0 Å². The molecule has 0 bridgehead atoms. The predicted octanol–water partition coefficient (Wildman–Crippen LogP) is -1.64. The molecule has 6 heteroatoms. The summed E-state index contributed by atoms with van der Waals surface area (Å²) >= 11 is 0. The average Bonchev–Trinajstić information content (AvgIpc) is 2.33. The summed E-state index contributed by atoms with van der Waals surface area (Å²) < 4.78 is 0. The Hall–Kier alpha value is -0.240. The first-order chi connectivity index (χ1) is 8.90. The van der Waals surface area contributed by atoms with Crippen LogP contribution in [-0.4, -0.2) is 67.3 Å². The molecular formula is C13H24O6. The molecule has 2 rings (SSSR count). The minimum atomic E-state index is -1.16. The molecule has 2 fully saturated rings. The van der Waals surface area contributed by atoms with E-state index in [-0.39, 0.29) is 18.8 Å². The zero-order valence-electron chi connectivity index (χ0n) is 10.8. The zero-order chi connectivity index (χ0) is 14.2. The fraction of sp³-hybridized carbons (Fsp3) is 1.00. The second-order valence-electron chi connectivity index (χ2n) is 6.05. The quantitative estimate of drug-likeness (QED) is 0.360. The van der Waals surface area contributed by atoms with Crippen LogP contribution in [0.4, 0.5) is 0 Å². The van der Waals surface area contributed by atoms with E-state index in [0.29, 0.717) is 19.3 Å². The number of aliphatic hydroxyl groups excluding tert-OH is 6. The third kappa shape index (κ3) is 3.26. The SMILES string of the molecule is OC1CC(O)C(CC2CCC(O)C(O)C2O)C(O)C1. The molecule has 0 saturated heterocycles. The molecule has 0 aromatic heterocycles. The molecule has 0 spiro atoms. The summed E-state index contributed by atoms with van der Waals surface area (Å²) in [5.74, 6) is -0.645. The lowest BCUT2D eigenvalue weighted by atomic mass is 9.72. The fourth-order valence-electron chi connectivity index (χ4n) is 3.41. The van der Waals surface area contributed by atoms with Crippen molar-refractivity contribution in [3.63, 3.8) is 0 Å². The van der Waals surface area contributed by atoms with E-state index in [9.17, 15) is 30.6 Å². The van der Waals surface area contributed by atoms with Crippen LogP contribution in [0.5, 0.6) is 0 Å². The molecule has 6 nitrogen and oxygen atoms in total. The lowest BCUT2D eigenvalue weighted by Gasteiger charge is -2.41. The molecule has 0 heterocycles. The third-order valence-electron chi connectivity index (χ3n) is 4.65. The van der Waals surface area contributed by atoms with E-state index in [2.05, 4.69) is 0 Å². The first kappa shape index (κ1) is 15.2. The van der Waals surface area contributed by atoms with Crippen LogP contribution >= 0.6 is 0 Å². The second kappa shape index (κ2) is 6.03. The topological polar surface area (TPSA) is 121 Å². The lowest BCUT2D eigenvalue weighted by Crippen LogP contribution is -2.49. The van der Waals surface area contributed by atoms with Crippen molar-refractivity contribution in [2.45, 2.75) is 68.7 Å². The van der Waals surface area contributed by atoms with Crippen molar-refractivity contribution >= 4 is 0 Å². The summed E-state index contributed by atoms with van der Waals surface area (Å²) in [7, 11) is 0. The molecule has 2 aliphatic rings. The van der Waals surface area contributed by atoms with Crippen molar-refractivity contribution < 1.29 is 30.6 Å². The van der Waals surface area contributed by atoms with Gasteiger partial charge in [-0.2, -0.15) is 0 Å². The average molecular weight is 276 g/mol. The molecule has 2 aliphatic carbocycles. The van der Waals surface area contributed by atoms with Crippen LogP contribution in [0.2, 0.25) is 0 Å². The zero-order valence-corrected chi connectivity index (χ0v) is 10.8. The van der Waals surface area contributed by atoms with E-state index < -0.39 is 42.5 Å². The Balaban J connectivity index is 1.96. The summed E-state index contributed by atoms with van der Waals surface area (Å²) in [6, 6.07) is 0. The van der Waals surface area contributed by atoms with Crippen molar-refractivity contribution in [2.24, 2.45) is 11.8 Å². The predicted molar refractivity (Wildman–Crippen MR) is 66.1 cm³/mol. The van der Waals surface area contributed by atoms with E-state index >= 15 is 0 Å². The van der Waals surface area contributed by atoms with E-state index in [1.165, 1.54) is 0 Å². The summed E-state index contributed by atoms with van der Waals surface area (Å²) in [6.07, 6.45) is -3.57. The lowest BCUT2D eigenvalue weighted by molar-refractivity contribution is -0.129. The van der Waals surface area contributed by atoms with Gasteiger partial charge in [0.2, 0.25) is 0 Å². The smallest absolute Gasteiger partial charge is 0.106 e. The minimum absolute atomic E-state index is 0.232. The molecule has 6 unspecified atom stereocenters. The molecule has 0 radical (unpaired) electrons. The first-order valence-corrected chi connectivity index (χ1v) is 6.98. The summed E-state index contributed by atoms with van der Waals surface area (Å²) in [6.45, 7) is 0.